The Labute approximate surface area is 73.0 Å². The number of rotatable bonds is 4. The standard InChI is InChI=1S/C6H10N4O3/c7-2-1-3-13-6-9-4(11)8-5(12)10-6/h1-3,7H2,(H2,8,9,10,11,12). The quantitative estimate of drug-likeness (QED) is 0.479. The minimum atomic E-state index is -0.730. The largest absolute Gasteiger partial charge is 0.465 e. The summed E-state index contributed by atoms with van der Waals surface area (Å²) >= 11 is 0. The van der Waals surface area contributed by atoms with Gasteiger partial charge in [-0.1, -0.05) is 0 Å². The van der Waals surface area contributed by atoms with E-state index in [2.05, 4.69) is 9.97 Å². The van der Waals surface area contributed by atoms with Crippen molar-refractivity contribution < 1.29 is 4.74 Å². The Hall–Kier alpha value is -1.63. The summed E-state index contributed by atoms with van der Waals surface area (Å²) in [5.41, 5.74) is 3.85. The highest BCUT2D eigenvalue weighted by Crippen LogP contribution is 1.91. The highest BCUT2D eigenvalue weighted by atomic mass is 16.5. The van der Waals surface area contributed by atoms with E-state index in [9.17, 15) is 9.59 Å². The van der Waals surface area contributed by atoms with Crippen LogP contribution in [0.2, 0.25) is 0 Å². The van der Waals surface area contributed by atoms with Crippen molar-refractivity contribution in [3.63, 3.8) is 0 Å². The third kappa shape index (κ3) is 3.08. The fourth-order valence-electron chi connectivity index (χ4n) is 0.694. The van der Waals surface area contributed by atoms with Crippen molar-refractivity contribution in [2.75, 3.05) is 13.2 Å². The van der Waals surface area contributed by atoms with Gasteiger partial charge in [0.15, 0.2) is 0 Å². The summed E-state index contributed by atoms with van der Waals surface area (Å²) in [6, 6.07) is -0.0813. The van der Waals surface area contributed by atoms with Gasteiger partial charge in [-0.15, -0.1) is 4.98 Å². The van der Waals surface area contributed by atoms with Gasteiger partial charge < -0.3 is 10.5 Å². The summed E-state index contributed by atoms with van der Waals surface area (Å²) in [4.78, 5) is 28.9. The SMILES string of the molecule is NCCCOc1nc(=O)[nH]c(=O)[nH]1. The molecule has 1 aromatic rings. The molecule has 0 fully saturated rings. The molecule has 0 aliphatic heterocycles. The minimum absolute atomic E-state index is 0.0813. The molecule has 1 aromatic heterocycles. The van der Waals surface area contributed by atoms with Crippen molar-refractivity contribution in [3.05, 3.63) is 21.0 Å². The molecule has 0 spiro atoms. The molecule has 4 N–H and O–H groups in total. The van der Waals surface area contributed by atoms with Crippen molar-refractivity contribution >= 4 is 0 Å². The predicted molar refractivity (Wildman–Crippen MR) is 44.6 cm³/mol. The molecule has 0 unspecified atom stereocenters. The van der Waals surface area contributed by atoms with Gasteiger partial charge in [0.25, 0.3) is 0 Å². The van der Waals surface area contributed by atoms with Gasteiger partial charge in [-0.25, -0.2) is 9.59 Å². The number of aromatic amines is 2. The monoisotopic (exact) mass is 186 g/mol. The zero-order valence-corrected chi connectivity index (χ0v) is 6.87. The van der Waals surface area contributed by atoms with Crippen molar-refractivity contribution in [2.24, 2.45) is 5.73 Å². The Morgan fingerprint density at radius 2 is 2.15 bits per heavy atom. The van der Waals surface area contributed by atoms with Gasteiger partial charge in [-0.3, -0.25) is 9.97 Å². The highest BCUT2D eigenvalue weighted by Gasteiger charge is 1.97. The van der Waals surface area contributed by atoms with Crippen molar-refractivity contribution in [2.45, 2.75) is 6.42 Å². The molecule has 7 heteroatoms. The molecule has 0 atom stereocenters. The first-order valence-electron chi connectivity index (χ1n) is 3.76. The normalized spacial score (nSPS) is 9.92. The summed E-state index contributed by atoms with van der Waals surface area (Å²) in [6.07, 6.45) is 0.635. The summed E-state index contributed by atoms with van der Waals surface area (Å²) in [6.45, 7) is 0.802. The van der Waals surface area contributed by atoms with Crippen LogP contribution in [0.5, 0.6) is 6.01 Å². The van der Waals surface area contributed by atoms with Gasteiger partial charge >= 0.3 is 17.4 Å². The van der Waals surface area contributed by atoms with E-state index in [-0.39, 0.29) is 6.01 Å². The zero-order chi connectivity index (χ0) is 9.68. The lowest BCUT2D eigenvalue weighted by molar-refractivity contribution is 0.285. The number of aromatic nitrogens is 3. The van der Waals surface area contributed by atoms with E-state index in [0.717, 1.165) is 0 Å². The molecule has 1 heterocycles. The topological polar surface area (TPSA) is 114 Å². The Kier molecular flexibility index (Phi) is 3.21. The molecule has 0 aromatic carbocycles. The lowest BCUT2D eigenvalue weighted by atomic mass is 10.5. The van der Waals surface area contributed by atoms with E-state index in [1.165, 1.54) is 0 Å². The number of nitrogens with two attached hydrogens (primary N) is 1. The van der Waals surface area contributed by atoms with E-state index in [1.807, 2.05) is 4.98 Å². The maximum Gasteiger partial charge on any atom is 0.353 e. The van der Waals surface area contributed by atoms with Crippen LogP contribution in [-0.4, -0.2) is 28.1 Å². The van der Waals surface area contributed by atoms with Crippen molar-refractivity contribution in [1.82, 2.24) is 15.0 Å². The number of H-pyrrole nitrogens is 2. The van der Waals surface area contributed by atoms with Crippen LogP contribution in [-0.2, 0) is 0 Å². The predicted octanol–water partition coefficient (Wildman–Crippen LogP) is -1.81. The summed E-state index contributed by atoms with van der Waals surface area (Å²) in [7, 11) is 0. The second-order valence-corrected chi connectivity index (χ2v) is 2.29. The fraction of sp³-hybridized carbons (Fsp3) is 0.500. The van der Waals surface area contributed by atoms with Crippen LogP contribution < -0.4 is 21.9 Å². The molecule has 1 rings (SSSR count). The van der Waals surface area contributed by atoms with Crippen molar-refractivity contribution in [3.8, 4) is 6.01 Å². The van der Waals surface area contributed by atoms with Gasteiger partial charge in [-0.05, 0) is 13.0 Å². The second kappa shape index (κ2) is 4.41. The third-order valence-corrected chi connectivity index (χ3v) is 1.23. The van der Waals surface area contributed by atoms with Crippen LogP contribution in [0.4, 0.5) is 0 Å². The first kappa shape index (κ1) is 9.46. The maximum atomic E-state index is 10.7. The molecule has 0 amide bonds. The van der Waals surface area contributed by atoms with Gasteiger partial charge in [0, 0.05) is 0 Å². The Bertz CT molecular complexity index is 340. The van der Waals surface area contributed by atoms with Crippen LogP contribution in [0.1, 0.15) is 6.42 Å². The fourth-order valence-corrected chi connectivity index (χ4v) is 0.694. The van der Waals surface area contributed by atoms with Crippen LogP contribution >= 0.6 is 0 Å². The van der Waals surface area contributed by atoms with Crippen LogP contribution in [0.3, 0.4) is 0 Å². The number of ether oxygens (including phenoxy) is 1. The number of nitrogens with zero attached hydrogens (tertiary/aromatic N) is 1. The maximum absolute atomic E-state index is 10.7. The van der Waals surface area contributed by atoms with E-state index < -0.39 is 11.4 Å². The van der Waals surface area contributed by atoms with Crippen LogP contribution in [0, 0.1) is 0 Å². The third-order valence-electron chi connectivity index (χ3n) is 1.23. The van der Waals surface area contributed by atoms with E-state index in [4.69, 9.17) is 10.5 Å². The minimum Gasteiger partial charge on any atom is -0.465 e. The number of nitrogens with one attached hydrogen (secondary N) is 2. The Morgan fingerprint density at radius 1 is 1.38 bits per heavy atom. The lowest BCUT2D eigenvalue weighted by Crippen LogP contribution is -2.25. The Balaban J connectivity index is 2.67. The summed E-state index contributed by atoms with van der Waals surface area (Å²) in [5, 5.41) is 0. The van der Waals surface area contributed by atoms with E-state index in [0.29, 0.717) is 19.6 Å². The molecule has 0 radical (unpaired) electrons. The van der Waals surface area contributed by atoms with Crippen molar-refractivity contribution in [1.29, 1.82) is 0 Å². The molecule has 13 heavy (non-hydrogen) atoms. The molecular weight excluding hydrogens is 176 g/mol. The molecule has 0 saturated carbocycles. The van der Waals surface area contributed by atoms with Gasteiger partial charge in [0.05, 0.1) is 6.61 Å². The van der Waals surface area contributed by atoms with Gasteiger partial charge in [0.1, 0.15) is 0 Å². The molecule has 0 saturated heterocycles. The van der Waals surface area contributed by atoms with Crippen LogP contribution in [0.15, 0.2) is 9.59 Å². The first-order chi connectivity index (χ1) is 6.22. The second-order valence-electron chi connectivity index (χ2n) is 2.29. The summed E-state index contributed by atoms with van der Waals surface area (Å²) in [5.74, 6) is 0. The van der Waals surface area contributed by atoms with Gasteiger partial charge in [-0.2, -0.15) is 0 Å². The van der Waals surface area contributed by atoms with Crippen LogP contribution in [0.25, 0.3) is 0 Å². The summed E-state index contributed by atoms with van der Waals surface area (Å²) < 4.78 is 4.94. The zero-order valence-electron chi connectivity index (χ0n) is 6.87. The Morgan fingerprint density at radius 3 is 2.77 bits per heavy atom. The first-order valence-corrected chi connectivity index (χ1v) is 3.76. The highest BCUT2D eigenvalue weighted by molar-refractivity contribution is 4.87. The molecule has 7 nitrogen and oxygen atoms in total. The molecule has 0 aliphatic carbocycles. The number of hydrogen-bond donors (Lipinski definition) is 3. The molecule has 72 valence electrons. The molecule has 0 bridgehead atoms. The van der Waals surface area contributed by atoms with E-state index >= 15 is 0 Å². The average Bonchev–Trinajstić information content (AvgIpc) is 2.03. The molecule has 0 aliphatic rings. The van der Waals surface area contributed by atoms with Gasteiger partial charge in [0.2, 0.25) is 0 Å². The van der Waals surface area contributed by atoms with E-state index in [1.54, 1.807) is 0 Å². The lowest BCUT2D eigenvalue weighted by Gasteiger charge is -2.00. The smallest absolute Gasteiger partial charge is 0.353 e. The molecular formula is C6H10N4O3. The average molecular weight is 186 g/mol. The number of hydrogen-bond acceptors (Lipinski definition) is 5.